The third kappa shape index (κ3) is 1.71. The molecule has 0 amide bonds. The molecule has 2 fully saturated rings. The minimum absolute atomic E-state index is 0.313. The third-order valence-corrected chi connectivity index (χ3v) is 3.77. The molecule has 1 aliphatic carbocycles. The Kier molecular flexibility index (Phi) is 2.88. The molecule has 0 bridgehead atoms. The molecule has 1 saturated carbocycles. The van der Waals surface area contributed by atoms with Gasteiger partial charge in [0.2, 0.25) is 0 Å². The van der Waals surface area contributed by atoms with Gasteiger partial charge in [0.15, 0.2) is 0 Å². The average molecular weight is 196 g/mol. The van der Waals surface area contributed by atoms with Gasteiger partial charge in [0, 0.05) is 24.7 Å². The van der Waals surface area contributed by atoms with E-state index in [0.29, 0.717) is 18.1 Å². The lowest BCUT2D eigenvalue weighted by atomic mass is 9.91. The normalized spacial score (nSPS) is 32.2. The molecular formula is C11H20N2O. The molecular weight excluding hydrogens is 176 g/mol. The van der Waals surface area contributed by atoms with Crippen LogP contribution in [0.15, 0.2) is 0 Å². The molecule has 0 aromatic rings. The molecule has 1 spiro atoms. The number of carbonyl (C=O) groups excluding carboxylic acids is 1. The fourth-order valence-corrected chi connectivity index (χ4v) is 2.95. The lowest BCUT2D eigenvalue weighted by Crippen LogP contribution is -2.63. The van der Waals surface area contributed by atoms with Crippen LogP contribution in [0.3, 0.4) is 0 Å². The lowest BCUT2D eigenvalue weighted by molar-refractivity contribution is -0.111. The monoisotopic (exact) mass is 196 g/mol. The van der Waals surface area contributed by atoms with Crippen molar-refractivity contribution in [3.8, 4) is 0 Å². The maximum Gasteiger partial charge on any atom is 0.134 e. The van der Waals surface area contributed by atoms with E-state index >= 15 is 0 Å². The Hall–Kier alpha value is -0.410. The summed E-state index contributed by atoms with van der Waals surface area (Å²) in [5.41, 5.74) is 0.313. The van der Waals surface area contributed by atoms with Crippen LogP contribution >= 0.6 is 0 Å². The first kappa shape index (κ1) is 10.1. The summed E-state index contributed by atoms with van der Waals surface area (Å²) < 4.78 is 0. The van der Waals surface area contributed by atoms with E-state index in [0.717, 1.165) is 19.4 Å². The summed E-state index contributed by atoms with van der Waals surface area (Å²) in [4.78, 5) is 13.1. The Labute approximate surface area is 85.8 Å². The molecule has 2 aliphatic rings. The van der Waals surface area contributed by atoms with Gasteiger partial charge >= 0.3 is 0 Å². The molecule has 1 heterocycles. The Morgan fingerprint density at radius 3 is 2.86 bits per heavy atom. The fraction of sp³-hybridized carbons (Fsp3) is 0.909. The SMILES string of the molecule is CC1CN(CC=O)C2(CCCC2)CN1. The fourth-order valence-electron chi connectivity index (χ4n) is 2.95. The van der Waals surface area contributed by atoms with Gasteiger partial charge in [-0.05, 0) is 19.8 Å². The van der Waals surface area contributed by atoms with Crippen molar-refractivity contribution in [3.63, 3.8) is 0 Å². The number of nitrogens with zero attached hydrogens (tertiary/aromatic N) is 1. The average Bonchev–Trinajstić information content (AvgIpc) is 2.62. The van der Waals surface area contributed by atoms with Crippen LogP contribution in [0.25, 0.3) is 0 Å². The second-order valence-corrected chi connectivity index (χ2v) is 4.79. The Balaban J connectivity index is 2.08. The number of rotatable bonds is 2. The molecule has 1 saturated heterocycles. The van der Waals surface area contributed by atoms with Gasteiger partial charge < -0.3 is 10.1 Å². The standard InChI is InChI=1S/C11H20N2O/c1-10-8-13(6-7-14)11(9-12-10)4-2-3-5-11/h7,10,12H,2-6,8-9H2,1H3. The highest BCUT2D eigenvalue weighted by Gasteiger charge is 2.42. The van der Waals surface area contributed by atoms with E-state index < -0.39 is 0 Å². The number of carbonyl (C=O) groups is 1. The molecule has 0 radical (unpaired) electrons. The van der Waals surface area contributed by atoms with Crippen LogP contribution in [-0.2, 0) is 4.79 Å². The van der Waals surface area contributed by atoms with Gasteiger partial charge in [-0.25, -0.2) is 0 Å². The maximum atomic E-state index is 10.7. The van der Waals surface area contributed by atoms with Gasteiger partial charge in [-0.15, -0.1) is 0 Å². The van der Waals surface area contributed by atoms with Crippen molar-refractivity contribution < 1.29 is 4.79 Å². The van der Waals surface area contributed by atoms with Gasteiger partial charge in [0.05, 0.1) is 6.54 Å². The molecule has 1 atom stereocenters. The summed E-state index contributed by atoms with van der Waals surface area (Å²) in [5, 5.41) is 3.55. The molecule has 3 heteroatoms. The number of aldehydes is 1. The number of piperazine rings is 1. The first-order valence-corrected chi connectivity index (χ1v) is 5.69. The highest BCUT2D eigenvalue weighted by atomic mass is 16.1. The summed E-state index contributed by atoms with van der Waals surface area (Å²) in [7, 11) is 0. The van der Waals surface area contributed by atoms with Crippen LogP contribution in [0.2, 0.25) is 0 Å². The van der Waals surface area contributed by atoms with E-state index in [1.807, 2.05) is 0 Å². The minimum atomic E-state index is 0.313. The van der Waals surface area contributed by atoms with Crippen LogP contribution < -0.4 is 5.32 Å². The molecule has 1 aliphatic heterocycles. The van der Waals surface area contributed by atoms with E-state index in [9.17, 15) is 4.79 Å². The van der Waals surface area contributed by atoms with E-state index in [1.54, 1.807) is 0 Å². The predicted octanol–water partition coefficient (Wildman–Crippen LogP) is 0.792. The largest absolute Gasteiger partial charge is 0.311 e. The van der Waals surface area contributed by atoms with Crippen molar-refractivity contribution in [2.45, 2.75) is 44.2 Å². The molecule has 1 N–H and O–H groups in total. The molecule has 80 valence electrons. The Morgan fingerprint density at radius 2 is 2.21 bits per heavy atom. The number of nitrogens with one attached hydrogen (secondary N) is 1. The van der Waals surface area contributed by atoms with Crippen LogP contribution in [0.1, 0.15) is 32.6 Å². The van der Waals surface area contributed by atoms with Crippen molar-refractivity contribution in [3.05, 3.63) is 0 Å². The van der Waals surface area contributed by atoms with Gasteiger partial charge in [-0.3, -0.25) is 4.90 Å². The summed E-state index contributed by atoms with van der Waals surface area (Å²) in [6, 6.07) is 0.529. The van der Waals surface area contributed by atoms with E-state index in [-0.39, 0.29) is 0 Å². The summed E-state index contributed by atoms with van der Waals surface area (Å²) in [6.45, 7) is 4.91. The van der Waals surface area contributed by atoms with Crippen molar-refractivity contribution in [1.29, 1.82) is 0 Å². The Bertz CT molecular complexity index is 211. The highest BCUT2D eigenvalue weighted by molar-refractivity contribution is 5.52. The number of hydrogen-bond acceptors (Lipinski definition) is 3. The second kappa shape index (κ2) is 3.99. The van der Waals surface area contributed by atoms with Gasteiger partial charge in [0.25, 0.3) is 0 Å². The maximum absolute atomic E-state index is 10.7. The van der Waals surface area contributed by atoms with Crippen molar-refractivity contribution >= 4 is 6.29 Å². The van der Waals surface area contributed by atoms with Crippen molar-refractivity contribution in [1.82, 2.24) is 10.2 Å². The smallest absolute Gasteiger partial charge is 0.134 e. The number of hydrogen-bond donors (Lipinski definition) is 1. The van der Waals surface area contributed by atoms with Crippen LogP contribution in [0.4, 0.5) is 0 Å². The van der Waals surface area contributed by atoms with Crippen molar-refractivity contribution in [2.75, 3.05) is 19.6 Å². The van der Waals surface area contributed by atoms with E-state index in [2.05, 4.69) is 17.1 Å². The van der Waals surface area contributed by atoms with E-state index in [1.165, 1.54) is 25.7 Å². The molecule has 1 unspecified atom stereocenters. The van der Waals surface area contributed by atoms with Crippen LogP contribution in [-0.4, -0.2) is 42.4 Å². The zero-order chi connectivity index (χ0) is 10.0. The first-order chi connectivity index (χ1) is 6.77. The van der Waals surface area contributed by atoms with Gasteiger partial charge in [-0.2, -0.15) is 0 Å². The highest BCUT2D eigenvalue weighted by Crippen LogP contribution is 2.36. The molecule has 2 rings (SSSR count). The Morgan fingerprint density at radius 1 is 1.50 bits per heavy atom. The molecule has 14 heavy (non-hydrogen) atoms. The topological polar surface area (TPSA) is 32.3 Å². The third-order valence-electron chi connectivity index (χ3n) is 3.77. The molecule has 0 aromatic heterocycles. The van der Waals surface area contributed by atoms with Gasteiger partial charge in [-0.1, -0.05) is 12.8 Å². The lowest BCUT2D eigenvalue weighted by Gasteiger charge is -2.47. The van der Waals surface area contributed by atoms with Crippen LogP contribution in [0, 0.1) is 0 Å². The van der Waals surface area contributed by atoms with Crippen LogP contribution in [0.5, 0.6) is 0 Å². The van der Waals surface area contributed by atoms with Gasteiger partial charge in [0.1, 0.15) is 6.29 Å². The molecule has 3 nitrogen and oxygen atoms in total. The predicted molar refractivity (Wildman–Crippen MR) is 56.3 cm³/mol. The zero-order valence-electron chi connectivity index (χ0n) is 8.96. The summed E-state index contributed by atoms with van der Waals surface area (Å²) in [6.07, 6.45) is 6.23. The first-order valence-electron chi connectivity index (χ1n) is 5.69. The van der Waals surface area contributed by atoms with E-state index in [4.69, 9.17) is 0 Å². The zero-order valence-corrected chi connectivity index (χ0v) is 8.96. The van der Waals surface area contributed by atoms with Crippen molar-refractivity contribution in [2.24, 2.45) is 0 Å². The molecule has 0 aromatic carbocycles. The summed E-state index contributed by atoms with van der Waals surface area (Å²) >= 11 is 0. The minimum Gasteiger partial charge on any atom is -0.311 e. The second-order valence-electron chi connectivity index (χ2n) is 4.79. The summed E-state index contributed by atoms with van der Waals surface area (Å²) in [5.74, 6) is 0. The quantitative estimate of drug-likeness (QED) is 0.663.